The Morgan fingerprint density at radius 3 is 2.36 bits per heavy atom. The highest BCUT2D eigenvalue weighted by molar-refractivity contribution is 6.33. The van der Waals surface area contributed by atoms with E-state index in [1.807, 2.05) is 42.5 Å². The molecular formula is C22H22ClN3O2. The standard InChI is InChI=1S/C22H22ClN3O2/c1-15(26(2)14-21(27)24-20-12-6-5-11-18(20)23)22(28)25-19-13-7-9-16-8-3-4-10-17(16)19/h3-13,15H,14H2,1-2H3,(H,24,27)(H,25,28). The lowest BCUT2D eigenvalue weighted by Crippen LogP contribution is -2.43. The highest BCUT2D eigenvalue weighted by atomic mass is 35.5. The van der Waals surface area contributed by atoms with Gasteiger partial charge in [-0.3, -0.25) is 14.5 Å². The van der Waals surface area contributed by atoms with Crippen molar-refractivity contribution in [3.8, 4) is 0 Å². The van der Waals surface area contributed by atoms with Crippen LogP contribution < -0.4 is 10.6 Å². The monoisotopic (exact) mass is 395 g/mol. The molecule has 0 radical (unpaired) electrons. The minimum absolute atomic E-state index is 0.0648. The fourth-order valence-electron chi connectivity index (χ4n) is 2.89. The molecule has 144 valence electrons. The van der Waals surface area contributed by atoms with Crippen LogP contribution in [0.2, 0.25) is 5.02 Å². The molecule has 0 aliphatic carbocycles. The summed E-state index contributed by atoms with van der Waals surface area (Å²) < 4.78 is 0. The van der Waals surface area contributed by atoms with Crippen molar-refractivity contribution in [3.05, 3.63) is 71.8 Å². The number of likely N-dealkylation sites (N-methyl/N-ethyl adjacent to an activating group) is 1. The molecule has 2 amide bonds. The molecule has 0 aromatic heterocycles. The average Bonchev–Trinajstić information content (AvgIpc) is 2.69. The van der Waals surface area contributed by atoms with E-state index in [1.165, 1.54) is 0 Å². The van der Waals surface area contributed by atoms with E-state index in [-0.39, 0.29) is 18.4 Å². The smallest absolute Gasteiger partial charge is 0.241 e. The maximum Gasteiger partial charge on any atom is 0.241 e. The van der Waals surface area contributed by atoms with Crippen molar-refractivity contribution in [1.29, 1.82) is 0 Å². The zero-order valence-corrected chi connectivity index (χ0v) is 16.5. The maximum absolute atomic E-state index is 12.7. The minimum atomic E-state index is -0.490. The molecule has 6 heteroatoms. The van der Waals surface area contributed by atoms with Crippen molar-refractivity contribution in [2.24, 2.45) is 0 Å². The number of carbonyl (C=O) groups is 2. The van der Waals surface area contributed by atoms with Crippen LogP contribution in [0.1, 0.15) is 6.92 Å². The van der Waals surface area contributed by atoms with Crippen molar-refractivity contribution >= 4 is 45.6 Å². The Balaban J connectivity index is 1.62. The topological polar surface area (TPSA) is 61.4 Å². The first kappa shape index (κ1) is 19.9. The molecule has 0 aliphatic heterocycles. The normalized spacial score (nSPS) is 12.0. The molecule has 3 aromatic carbocycles. The number of anilines is 2. The van der Waals surface area contributed by atoms with Gasteiger partial charge in [0.25, 0.3) is 0 Å². The van der Waals surface area contributed by atoms with Gasteiger partial charge in [0.2, 0.25) is 11.8 Å². The zero-order valence-electron chi connectivity index (χ0n) is 15.8. The third-order valence-electron chi connectivity index (χ3n) is 4.63. The van der Waals surface area contributed by atoms with Gasteiger partial charge in [-0.25, -0.2) is 0 Å². The van der Waals surface area contributed by atoms with Crippen LogP contribution in [-0.4, -0.2) is 36.3 Å². The number of nitrogens with one attached hydrogen (secondary N) is 2. The Hall–Kier alpha value is -2.89. The highest BCUT2D eigenvalue weighted by Gasteiger charge is 2.21. The van der Waals surface area contributed by atoms with Crippen LogP contribution in [0.4, 0.5) is 11.4 Å². The molecule has 5 nitrogen and oxygen atoms in total. The van der Waals surface area contributed by atoms with Gasteiger partial charge in [-0.15, -0.1) is 0 Å². The summed E-state index contributed by atoms with van der Waals surface area (Å²) in [5.41, 5.74) is 1.30. The Kier molecular flexibility index (Phi) is 6.29. The Morgan fingerprint density at radius 2 is 1.57 bits per heavy atom. The molecule has 0 aliphatic rings. The lowest BCUT2D eigenvalue weighted by molar-refractivity contribution is -0.122. The number of halogens is 1. The van der Waals surface area contributed by atoms with E-state index in [0.29, 0.717) is 10.7 Å². The Bertz CT molecular complexity index is 1000. The number of nitrogens with zero attached hydrogens (tertiary/aromatic N) is 1. The second-order valence-electron chi connectivity index (χ2n) is 6.64. The summed E-state index contributed by atoms with van der Waals surface area (Å²) in [5, 5.41) is 8.23. The van der Waals surface area contributed by atoms with Crippen molar-refractivity contribution in [2.75, 3.05) is 24.2 Å². The molecule has 0 heterocycles. The molecule has 1 atom stereocenters. The van der Waals surface area contributed by atoms with E-state index in [1.54, 1.807) is 43.1 Å². The van der Waals surface area contributed by atoms with E-state index in [2.05, 4.69) is 10.6 Å². The Morgan fingerprint density at radius 1 is 0.929 bits per heavy atom. The molecule has 2 N–H and O–H groups in total. The molecule has 3 aromatic rings. The minimum Gasteiger partial charge on any atom is -0.324 e. The SMILES string of the molecule is CC(C(=O)Nc1cccc2ccccc12)N(C)CC(=O)Nc1ccccc1Cl. The van der Waals surface area contributed by atoms with Crippen LogP contribution in [0, 0.1) is 0 Å². The first-order valence-electron chi connectivity index (χ1n) is 8.99. The molecule has 0 saturated heterocycles. The summed E-state index contributed by atoms with van der Waals surface area (Å²) in [5.74, 6) is -0.412. The summed E-state index contributed by atoms with van der Waals surface area (Å²) in [4.78, 5) is 26.7. The fraction of sp³-hybridized carbons (Fsp3) is 0.182. The predicted octanol–water partition coefficient (Wildman–Crippen LogP) is 4.39. The number of carbonyl (C=O) groups excluding carboxylic acids is 2. The Labute approximate surface area is 169 Å². The summed E-state index contributed by atoms with van der Waals surface area (Å²) in [6, 6.07) is 20.2. The van der Waals surface area contributed by atoms with Crippen molar-refractivity contribution < 1.29 is 9.59 Å². The number of para-hydroxylation sites is 1. The van der Waals surface area contributed by atoms with Crippen molar-refractivity contribution in [2.45, 2.75) is 13.0 Å². The summed E-state index contributed by atoms with van der Waals surface area (Å²) >= 11 is 6.06. The van der Waals surface area contributed by atoms with E-state index in [9.17, 15) is 9.59 Å². The van der Waals surface area contributed by atoms with Gasteiger partial charge in [0.15, 0.2) is 0 Å². The van der Waals surface area contributed by atoms with Crippen LogP contribution in [0.25, 0.3) is 10.8 Å². The molecular weight excluding hydrogens is 374 g/mol. The van der Waals surface area contributed by atoms with E-state index < -0.39 is 6.04 Å². The number of hydrogen-bond donors (Lipinski definition) is 2. The molecule has 3 rings (SSSR count). The molecule has 0 bridgehead atoms. The van der Waals surface area contributed by atoms with Crippen molar-refractivity contribution in [3.63, 3.8) is 0 Å². The lowest BCUT2D eigenvalue weighted by Gasteiger charge is -2.23. The number of benzene rings is 3. The van der Waals surface area contributed by atoms with E-state index in [0.717, 1.165) is 16.5 Å². The molecule has 0 fully saturated rings. The van der Waals surface area contributed by atoms with Gasteiger partial charge < -0.3 is 10.6 Å². The summed E-state index contributed by atoms with van der Waals surface area (Å²) in [6.07, 6.45) is 0. The van der Waals surface area contributed by atoms with Gasteiger partial charge in [-0.1, -0.05) is 60.1 Å². The molecule has 28 heavy (non-hydrogen) atoms. The zero-order chi connectivity index (χ0) is 20.1. The molecule has 0 spiro atoms. The summed E-state index contributed by atoms with van der Waals surface area (Å²) in [6.45, 7) is 1.83. The third kappa shape index (κ3) is 4.68. The predicted molar refractivity (Wildman–Crippen MR) is 115 cm³/mol. The first-order chi connectivity index (χ1) is 13.5. The van der Waals surface area contributed by atoms with Gasteiger partial charge in [-0.05, 0) is 37.6 Å². The number of amides is 2. The second-order valence-corrected chi connectivity index (χ2v) is 7.04. The average molecular weight is 396 g/mol. The van der Waals surface area contributed by atoms with Crippen LogP contribution in [0.3, 0.4) is 0 Å². The number of fused-ring (bicyclic) bond motifs is 1. The maximum atomic E-state index is 12.7. The van der Waals surface area contributed by atoms with E-state index >= 15 is 0 Å². The van der Waals surface area contributed by atoms with Gasteiger partial charge in [-0.2, -0.15) is 0 Å². The van der Waals surface area contributed by atoms with Crippen LogP contribution >= 0.6 is 11.6 Å². The first-order valence-corrected chi connectivity index (χ1v) is 9.37. The highest BCUT2D eigenvalue weighted by Crippen LogP contribution is 2.23. The van der Waals surface area contributed by atoms with Crippen LogP contribution in [0.15, 0.2) is 66.7 Å². The lowest BCUT2D eigenvalue weighted by atomic mass is 10.1. The largest absolute Gasteiger partial charge is 0.324 e. The van der Waals surface area contributed by atoms with Gasteiger partial charge in [0, 0.05) is 11.1 Å². The quantitative estimate of drug-likeness (QED) is 0.650. The van der Waals surface area contributed by atoms with Gasteiger partial charge in [0.1, 0.15) is 0 Å². The number of rotatable bonds is 6. The summed E-state index contributed by atoms with van der Waals surface area (Å²) in [7, 11) is 1.74. The van der Waals surface area contributed by atoms with Gasteiger partial charge >= 0.3 is 0 Å². The molecule has 1 unspecified atom stereocenters. The van der Waals surface area contributed by atoms with Crippen LogP contribution in [0.5, 0.6) is 0 Å². The molecule has 0 saturated carbocycles. The van der Waals surface area contributed by atoms with Gasteiger partial charge in [0.05, 0.1) is 23.3 Å². The van der Waals surface area contributed by atoms with Crippen LogP contribution in [-0.2, 0) is 9.59 Å². The van der Waals surface area contributed by atoms with E-state index in [4.69, 9.17) is 11.6 Å². The number of hydrogen-bond acceptors (Lipinski definition) is 3. The second kappa shape index (κ2) is 8.87. The third-order valence-corrected chi connectivity index (χ3v) is 4.96. The van der Waals surface area contributed by atoms with Crippen molar-refractivity contribution in [1.82, 2.24) is 4.90 Å². The fourth-order valence-corrected chi connectivity index (χ4v) is 3.07.